The molecule has 0 saturated heterocycles. The second-order valence-corrected chi connectivity index (χ2v) is 11.1. The Morgan fingerprint density at radius 1 is 1.03 bits per heavy atom. The number of carbonyl (C=O) groups is 1. The molecule has 7 heteroatoms. The van der Waals surface area contributed by atoms with Crippen molar-refractivity contribution in [3.05, 3.63) is 69.7 Å². The molecule has 1 aliphatic rings. The molecule has 1 aliphatic heterocycles. The topological polar surface area (TPSA) is 57.7 Å². The van der Waals surface area contributed by atoms with Crippen molar-refractivity contribution >= 4 is 27.4 Å². The highest BCUT2D eigenvalue weighted by Crippen LogP contribution is 2.20. The van der Waals surface area contributed by atoms with Gasteiger partial charge in [-0.1, -0.05) is 41.9 Å². The van der Waals surface area contributed by atoms with Gasteiger partial charge in [0.2, 0.25) is 10.0 Å². The fourth-order valence-electron chi connectivity index (χ4n) is 4.15. The van der Waals surface area contributed by atoms with Crippen LogP contribution in [0.2, 0.25) is 5.02 Å². The van der Waals surface area contributed by atoms with Gasteiger partial charge in [-0.3, -0.25) is 4.79 Å². The zero-order chi connectivity index (χ0) is 23.1. The van der Waals surface area contributed by atoms with E-state index in [4.69, 9.17) is 11.6 Å². The highest BCUT2D eigenvalue weighted by Gasteiger charge is 2.21. The summed E-state index contributed by atoms with van der Waals surface area (Å²) >= 11 is 6.22. The Kier molecular flexibility index (Phi) is 8.88. The van der Waals surface area contributed by atoms with E-state index in [1.165, 1.54) is 16.1 Å². The molecule has 0 spiro atoms. The van der Waals surface area contributed by atoms with Crippen LogP contribution >= 0.6 is 11.6 Å². The van der Waals surface area contributed by atoms with Crippen LogP contribution in [0.5, 0.6) is 0 Å². The molecule has 0 saturated carbocycles. The Hall–Kier alpha value is -1.73. The smallest absolute Gasteiger partial charge is 0.211 e. The minimum atomic E-state index is -3.18. The highest BCUT2D eigenvalue weighted by atomic mass is 35.5. The molecule has 0 amide bonds. The van der Waals surface area contributed by atoms with E-state index in [-0.39, 0.29) is 5.78 Å². The number of fused-ring (bicyclic) bond motifs is 1. The Morgan fingerprint density at radius 3 is 2.47 bits per heavy atom. The van der Waals surface area contributed by atoms with Crippen LogP contribution in [0, 0.1) is 0 Å². The molecule has 0 aliphatic carbocycles. The first-order valence-corrected chi connectivity index (χ1v) is 13.5. The molecule has 5 nitrogen and oxygen atoms in total. The number of carbonyl (C=O) groups excluding carboxylic acids is 1. The summed E-state index contributed by atoms with van der Waals surface area (Å²) in [7, 11) is -1.08. The number of hydrogen-bond acceptors (Lipinski definition) is 4. The van der Waals surface area contributed by atoms with Gasteiger partial charge in [-0.15, -0.1) is 0 Å². The van der Waals surface area contributed by atoms with E-state index in [1.807, 2.05) is 36.4 Å². The summed E-state index contributed by atoms with van der Waals surface area (Å²) in [6.07, 6.45) is 5.88. The molecule has 0 bridgehead atoms. The predicted molar refractivity (Wildman–Crippen MR) is 131 cm³/mol. The van der Waals surface area contributed by atoms with Crippen molar-refractivity contribution in [2.45, 2.75) is 38.5 Å². The van der Waals surface area contributed by atoms with Crippen molar-refractivity contribution in [3.63, 3.8) is 0 Å². The van der Waals surface area contributed by atoms with Gasteiger partial charge in [0, 0.05) is 36.6 Å². The fraction of sp³-hybridized carbons (Fsp3) is 0.480. The first-order chi connectivity index (χ1) is 15.2. The molecule has 0 radical (unpaired) electrons. The average molecular weight is 477 g/mol. The van der Waals surface area contributed by atoms with Crippen molar-refractivity contribution in [2.24, 2.45) is 0 Å². The lowest BCUT2D eigenvalue weighted by Crippen LogP contribution is -2.32. The lowest BCUT2D eigenvalue weighted by atomic mass is 9.97. The molecule has 32 heavy (non-hydrogen) atoms. The Labute approximate surface area is 197 Å². The van der Waals surface area contributed by atoms with E-state index in [2.05, 4.69) is 18.0 Å². The summed E-state index contributed by atoms with van der Waals surface area (Å²) in [4.78, 5) is 15.0. The van der Waals surface area contributed by atoms with Crippen molar-refractivity contribution in [3.8, 4) is 0 Å². The molecule has 1 heterocycles. The monoisotopic (exact) mass is 476 g/mol. The van der Waals surface area contributed by atoms with Crippen LogP contribution in [0.3, 0.4) is 0 Å². The third-order valence-corrected chi connectivity index (χ3v) is 7.84. The van der Waals surface area contributed by atoms with Gasteiger partial charge in [0.25, 0.3) is 0 Å². The normalized spacial score (nSPS) is 14.9. The third-order valence-electron chi connectivity index (χ3n) is 6.17. The Bertz CT molecular complexity index is 1040. The number of nitrogens with zero attached hydrogens (tertiary/aromatic N) is 2. The van der Waals surface area contributed by atoms with Crippen LogP contribution < -0.4 is 0 Å². The molecule has 3 rings (SSSR count). The SMILES string of the molecule is CN(CCCCC(=O)c1ccc2c(c1)CCN(S(C)(=O)=O)CC2)CCc1ccccc1Cl. The number of hydrogen-bond donors (Lipinski definition) is 0. The van der Waals surface area contributed by atoms with Gasteiger partial charge in [0.1, 0.15) is 0 Å². The zero-order valence-electron chi connectivity index (χ0n) is 19.0. The molecule has 0 atom stereocenters. The highest BCUT2D eigenvalue weighted by molar-refractivity contribution is 7.88. The summed E-state index contributed by atoms with van der Waals surface area (Å²) in [5, 5.41) is 0.816. The van der Waals surface area contributed by atoms with Gasteiger partial charge in [-0.25, -0.2) is 12.7 Å². The van der Waals surface area contributed by atoms with Gasteiger partial charge < -0.3 is 4.90 Å². The summed E-state index contributed by atoms with van der Waals surface area (Å²) in [5.41, 5.74) is 4.15. The van der Waals surface area contributed by atoms with Crippen LogP contribution in [0.25, 0.3) is 0 Å². The molecule has 0 fully saturated rings. The summed E-state index contributed by atoms with van der Waals surface area (Å²) < 4.78 is 25.2. The van der Waals surface area contributed by atoms with E-state index >= 15 is 0 Å². The Morgan fingerprint density at radius 2 is 1.75 bits per heavy atom. The molecule has 0 unspecified atom stereocenters. The van der Waals surface area contributed by atoms with E-state index in [1.54, 1.807) is 0 Å². The molecule has 2 aromatic carbocycles. The van der Waals surface area contributed by atoms with Gasteiger partial charge in [0.15, 0.2) is 5.78 Å². The number of halogens is 1. The summed E-state index contributed by atoms with van der Waals surface area (Å²) in [6, 6.07) is 13.8. The third kappa shape index (κ3) is 7.14. The minimum absolute atomic E-state index is 0.163. The van der Waals surface area contributed by atoms with E-state index < -0.39 is 10.0 Å². The maximum absolute atomic E-state index is 12.7. The minimum Gasteiger partial charge on any atom is -0.306 e. The lowest BCUT2D eigenvalue weighted by molar-refractivity contribution is 0.0978. The van der Waals surface area contributed by atoms with Crippen molar-refractivity contribution < 1.29 is 13.2 Å². The predicted octanol–water partition coefficient (Wildman–Crippen LogP) is 4.23. The number of sulfonamides is 1. The molecular weight excluding hydrogens is 444 g/mol. The van der Waals surface area contributed by atoms with E-state index in [9.17, 15) is 13.2 Å². The number of benzene rings is 2. The molecule has 0 aromatic heterocycles. The summed E-state index contributed by atoms with van der Waals surface area (Å²) in [5.74, 6) is 0.163. The van der Waals surface area contributed by atoms with Crippen molar-refractivity contribution in [1.29, 1.82) is 0 Å². The first-order valence-electron chi connectivity index (χ1n) is 11.3. The number of ketones is 1. The van der Waals surface area contributed by atoms with Gasteiger partial charge in [-0.05, 0) is 74.5 Å². The van der Waals surface area contributed by atoms with Crippen LogP contribution in [0.1, 0.15) is 46.3 Å². The van der Waals surface area contributed by atoms with Crippen LogP contribution in [0.4, 0.5) is 0 Å². The van der Waals surface area contributed by atoms with Crippen LogP contribution in [0.15, 0.2) is 42.5 Å². The molecule has 174 valence electrons. The van der Waals surface area contributed by atoms with Crippen molar-refractivity contribution in [1.82, 2.24) is 9.21 Å². The van der Waals surface area contributed by atoms with E-state index in [0.717, 1.165) is 54.1 Å². The zero-order valence-corrected chi connectivity index (χ0v) is 20.6. The van der Waals surface area contributed by atoms with Gasteiger partial charge in [-0.2, -0.15) is 0 Å². The average Bonchev–Trinajstić information content (AvgIpc) is 2.98. The largest absolute Gasteiger partial charge is 0.306 e. The number of Topliss-reactive ketones (excluding diaryl/α,β-unsaturated/α-hetero) is 1. The van der Waals surface area contributed by atoms with Crippen molar-refractivity contribution in [2.75, 3.05) is 39.5 Å². The number of rotatable bonds is 10. The maximum atomic E-state index is 12.7. The fourth-order valence-corrected chi connectivity index (χ4v) is 5.22. The molecule has 2 aromatic rings. The standard InChI is InChI=1S/C25H33ClN2O3S/c1-27(16-12-21-7-3-4-8-24(21)26)15-6-5-9-25(29)23-11-10-20-13-17-28(32(2,30)31)18-14-22(20)19-23/h3-4,7-8,10-11,19H,5-6,9,12-18H2,1-2H3. The summed E-state index contributed by atoms with van der Waals surface area (Å²) in [6.45, 7) is 2.86. The van der Waals surface area contributed by atoms with Gasteiger partial charge in [0.05, 0.1) is 6.26 Å². The van der Waals surface area contributed by atoms with Gasteiger partial charge >= 0.3 is 0 Å². The number of likely N-dealkylation sites (N-methyl/N-ethyl adjacent to an activating group) is 1. The second kappa shape index (κ2) is 11.4. The first kappa shape index (κ1) is 24.9. The lowest BCUT2D eigenvalue weighted by Gasteiger charge is -2.16. The van der Waals surface area contributed by atoms with E-state index in [0.29, 0.717) is 32.4 Å². The second-order valence-electron chi connectivity index (χ2n) is 8.67. The molecule has 0 N–H and O–H groups in total. The quantitative estimate of drug-likeness (QED) is 0.380. The Balaban J connectivity index is 1.43. The molecular formula is C25H33ClN2O3S. The number of unbranched alkanes of at least 4 members (excludes halogenated alkanes) is 1. The maximum Gasteiger partial charge on any atom is 0.211 e. The van der Waals surface area contributed by atoms with Crippen LogP contribution in [-0.4, -0.2) is 62.9 Å². The van der Waals surface area contributed by atoms with Crippen LogP contribution in [-0.2, 0) is 29.3 Å².